The summed E-state index contributed by atoms with van der Waals surface area (Å²) in [5.41, 5.74) is 10.8. The molecule has 0 fully saturated rings. The van der Waals surface area contributed by atoms with E-state index in [0.717, 1.165) is 11.6 Å². The number of carbonyl (C=O) groups excluding carboxylic acids is 1. The number of benzene rings is 1. The van der Waals surface area contributed by atoms with E-state index < -0.39 is 23.6 Å². The Hall–Kier alpha value is -2.31. The number of rotatable bonds is 2. The van der Waals surface area contributed by atoms with Crippen LogP contribution in [0.5, 0.6) is 0 Å². The number of amides is 1. The monoisotopic (exact) mass is 313 g/mol. The molecule has 1 aromatic carbocycles. The van der Waals surface area contributed by atoms with E-state index >= 15 is 0 Å². The van der Waals surface area contributed by atoms with Gasteiger partial charge in [0, 0.05) is 5.56 Å². The molecule has 0 bridgehead atoms. The second kappa shape index (κ2) is 6.21. The number of hydrogen-bond acceptors (Lipinski definition) is 1. The summed E-state index contributed by atoms with van der Waals surface area (Å²) in [5.74, 6) is -1.40. The molecule has 4 N–H and O–H groups in total. The van der Waals surface area contributed by atoms with Crippen molar-refractivity contribution in [3.05, 3.63) is 40.0 Å². The first kappa shape index (κ1) is 17.7. The van der Waals surface area contributed by atoms with Gasteiger partial charge in [0.1, 0.15) is 0 Å². The summed E-state index contributed by atoms with van der Waals surface area (Å²) < 4.78 is 39.9. The quantitative estimate of drug-likeness (QED) is 0.649. The van der Waals surface area contributed by atoms with Crippen LogP contribution in [0.15, 0.2) is 22.7 Å². The summed E-state index contributed by atoms with van der Waals surface area (Å²) in [6.45, 7) is 6.60. The molecule has 0 aliphatic carbocycles. The Morgan fingerprint density at radius 2 is 1.64 bits per heavy atom. The molecule has 0 aliphatic heterocycles. The van der Waals surface area contributed by atoms with E-state index in [9.17, 15) is 18.0 Å². The summed E-state index contributed by atoms with van der Waals surface area (Å²) in [4.78, 5) is 15.1. The first-order valence-corrected chi connectivity index (χ1v) is 6.45. The third-order valence-corrected chi connectivity index (χ3v) is 3.28. The Bertz CT molecular complexity index is 665. The molecular formula is C15H18F3N3O. The summed E-state index contributed by atoms with van der Waals surface area (Å²) in [7, 11) is 0. The van der Waals surface area contributed by atoms with Crippen molar-refractivity contribution in [2.75, 3.05) is 0 Å². The minimum Gasteiger partial charge on any atom is -0.370 e. The number of hydrogen-bond donors (Lipinski definition) is 2. The van der Waals surface area contributed by atoms with Crippen LogP contribution in [-0.2, 0) is 6.18 Å². The van der Waals surface area contributed by atoms with Gasteiger partial charge in [-0.1, -0.05) is 11.6 Å². The molecule has 0 heterocycles. The van der Waals surface area contributed by atoms with E-state index in [1.54, 1.807) is 20.8 Å². The van der Waals surface area contributed by atoms with Crippen LogP contribution in [0.2, 0.25) is 0 Å². The van der Waals surface area contributed by atoms with Gasteiger partial charge in [0.2, 0.25) is 0 Å². The van der Waals surface area contributed by atoms with Crippen LogP contribution >= 0.6 is 0 Å². The Morgan fingerprint density at radius 3 is 2.05 bits per heavy atom. The van der Waals surface area contributed by atoms with Crippen molar-refractivity contribution in [3.8, 4) is 0 Å². The Labute approximate surface area is 126 Å². The Kier molecular flexibility index (Phi) is 5.01. The number of aryl methyl sites for hydroxylation is 1. The number of allylic oxidation sites excluding steroid dienone is 2. The molecule has 22 heavy (non-hydrogen) atoms. The van der Waals surface area contributed by atoms with Gasteiger partial charge in [0.05, 0.1) is 5.56 Å². The van der Waals surface area contributed by atoms with Crippen LogP contribution in [-0.4, -0.2) is 11.9 Å². The second-order valence-corrected chi connectivity index (χ2v) is 5.18. The first-order chi connectivity index (χ1) is 9.95. The van der Waals surface area contributed by atoms with Crippen LogP contribution < -0.4 is 11.5 Å². The lowest BCUT2D eigenvalue weighted by molar-refractivity contribution is -0.137. The van der Waals surface area contributed by atoms with Crippen molar-refractivity contribution in [3.63, 3.8) is 0 Å². The maximum absolute atomic E-state index is 13.3. The summed E-state index contributed by atoms with van der Waals surface area (Å²) in [6.07, 6.45) is -4.59. The molecule has 1 rings (SSSR count). The van der Waals surface area contributed by atoms with Gasteiger partial charge >= 0.3 is 6.18 Å². The minimum atomic E-state index is -4.59. The van der Waals surface area contributed by atoms with E-state index in [2.05, 4.69) is 4.99 Å². The SMILES string of the molecule is CC(C)=C(C)c1cc(C)c(C(=O)N=C(N)N)cc1C(F)(F)F. The van der Waals surface area contributed by atoms with Gasteiger partial charge in [0.25, 0.3) is 5.91 Å². The van der Waals surface area contributed by atoms with Gasteiger partial charge in [0.15, 0.2) is 5.96 Å². The zero-order valence-electron chi connectivity index (χ0n) is 12.8. The van der Waals surface area contributed by atoms with Crippen LogP contribution in [0, 0.1) is 6.92 Å². The highest BCUT2D eigenvalue weighted by Crippen LogP contribution is 2.37. The van der Waals surface area contributed by atoms with Gasteiger partial charge in [-0.3, -0.25) is 4.79 Å². The molecule has 0 saturated heterocycles. The van der Waals surface area contributed by atoms with Gasteiger partial charge in [-0.05, 0) is 50.5 Å². The molecule has 1 aromatic rings. The highest BCUT2D eigenvalue weighted by atomic mass is 19.4. The summed E-state index contributed by atoms with van der Waals surface area (Å²) >= 11 is 0. The number of nitrogens with two attached hydrogens (primary N) is 2. The first-order valence-electron chi connectivity index (χ1n) is 6.45. The van der Waals surface area contributed by atoms with E-state index in [1.807, 2.05) is 0 Å². The minimum absolute atomic E-state index is 0.0475. The Balaban J connectivity index is 3.67. The third-order valence-electron chi connectivity index (χ3n) is 3.28. The normalized spacial score (nSPS) is 11.0. The van der Waals surface area contributed by atoms with Crippen LogP contribution in [0.4, 0.5) is 13.2 Å². The van der Waals surface area contributed by atoms with Crippen molar-refractivity contribution in [2.45, 2.75) is 33.9 Å². The van der Waals surface area contributed by atoms with Crippen LogP contribution in [0.25, 0.3) is 5.57 Å². The second-order valence-electron chi connectivity index (χ2n) is 5.18. The molecule has 0 aromatic heterocycles. The highest BCUT2D eigenvalue weighted by molar-refractivity contribution is 6.03. The van der Waals surface area contributed by atoms with Crippen molar-refractivity contribution in [1.29, 1.82) is 0 Å². The summed E-state index contributed by atoms with van der Waals surface area (Å²) in [6, 6.07) is 2.13. The fourth-order valence-corrected chi connectivity index (χ4v) is 1.93. The van der Waals surface area contributed by atoms with Crippen LogP contribution in [0.1, 0.15) is 47.8 Å². The average molecular weight is 313 g/mol. The van der Waals surface area contributed by atoms with E-state index in [-0.39, 0.29) is 11.1 Å². The summed E-state index contributed by atoms with van der Waals surface area (Å²) in [5, 5.41) is 0. The topological polar surface area (TPSA) is 81.5 Å². The fraction of sp³-hybridized carbons (Fsp3) is 0.333. The number of carbonyl (C=O) groups is 1. The fourth-order valence-electron chi connectivity index (χ4n) is 1.93. The molecule has 4 nitrogen and oxygen atoms in total. The lowest BCUT2D eigenvalue weighted by atomic mass is 9.92. The van der Waals surface area contributed by atoms with Crippen LogP contribution in [0.3, 0.4) is 0 Å². The van der Waals surface area contributed by atoms with Crippen molar-refractivity contribution in [2.24, 2.45) is 16.5 Å². The molecule has 0 atom stereocenters. The molecule has 120 valence electrons. The predicted molar refractivity (Wildman–Crippen MR) is 80.3 cm³/mol. The van der Waals surface area contributed by atoms with Crippen molar-refractivity contribution >= 4 is 17.4 Å². The molecule has 0 radical (unpaired) electrons. The standard InChI is InChI=1S/C15H18F3N3O/c1-7(2)9(4)11-5-8(3)10(13(22)21-14(19)20)6-12(11)15(16,17)18/h5-6H,1-4H3,(H4,19,20,21,22). The Morgan fingerprint density at radius 1 is 1.09 bits per heavy atom. The number of alkyl halides is 3. The van der Waals surface area contributed by atoms with E-state index in [1.165, 1.54) is 13.0 Å². The number of nitrogens with zero attached hydrogens (tertiary/aromatic N) is 1. The molecule has 0 saturated carbocycles. The molecule has 7 heteroatoms. The zero-order valence-corrected chi connectivity index (χ0v) is 12.8. The average Bonchev–Trinajstić information content (AvgIpc) is 2.34. The molecular weight excluding hydrogens is 295 g/mol. The van der Waals surface area contributed by atoms with E-state index in [0.29, 0.717) is 11.1 Å². The number of halogens is 3. The van der Waals surface area contributed by atoms with E-state index in [4.69, 9.17) is 11.5 Å². The predicted octanol–water partition coefficient (Wildman–Crippen LogP) is 3.24. The molecule has 1 amide bonds. The van der Waals surface area contributed by atoms with Crippen molar-refractivity contribution in [1.82, 2.24) is 0 Å². The number of guanidine groups is 1. The van der Waals surface area contributed by atoms with Gasteiger partial charge in [-0.15, -0.1) is 0 Å². The van der Waals surface area contributed by atoms with Gasteiger partial charge in [-0.25, -0.2) is 0 Å². The lowest BCUT2D eigenvalue weighted by Crippen LogP contribution is -2.24. The van der Waals surface area contributed by atoms with Gasteiger partial charge < -0.3 is 11.5 Å². The van der Waals surface area contributed by atoms with Crippen molar-refractivity contribution < 1.29 is 18.0 Å². The maximum Gasteiger partial charge on any atom is 0.417 e. The largest absolute Gasteiger partial charge is 0.417 e. The maximum atomic E-state index is 13.3. The number of aliphatic imine (C=N–C) groups is 1. The van der Waals surface area contributed by atoms with Gasteiger partial charge in [-0.2, -0.15) is 18.2 Å². The third kappa shape index (κ3) is 3.87. The highest BCUT2D eigenvalue weighted by Gasteiger charge is 2.35. The molecule has 0 aliphatic rings. The molecule has 0 unspecified atom stereocenters. The smallest absolute Gasteiger partial charge is 0.370 e. The lowest BCUT2D eigenvalue weighted by Gasteiger charge is -2.17. The zero-order chi connectivity index (χ0) is 17.2. The molecule has 0 spiro atoms.